The molecule has 1 aliphatic heterocycles. The van der Waals surface area contributed by atoms with Crippen molar-refractivity contribution in [2.75, 3.05) is 19.6 Å². The van der Waals surface area contributed by atoms with Crippen LogP contribution in [-0.2, 0) is 0 Å². The lowest BCUT2D eigenvalue weighted by atomic mass is 10.1. The minimum atomic E-state index is -0.690. The van der Waals surface area contributed by atoms with Crippen molar-refractivity contribution in [1.29, 1.82) is 0 Å². The number of carbonyl (C=O) groups excluding carboxylic acids is 1. The zero-order chi connectivity index (χ0) is 14.5. The first-order valence-electron chi connectivity index (χ1n) is 6.54. The van der Waals surface area contributed by atoms with Crippen molar-refractivity contribution in [2.45, 2.75) is 12.8 Å². The molecule has 7 nitrogen and oxygen atoms in total. The van der Waals surface area contributed by atoms with Crippen molar-refractivity contribution in [2.24, 2.45) is 5.92 Å². The van der Waals surface area contributed by atoms with E-state index in [0.717, 1.165) is 38.1 Å². The molecule has 0 spiro atoms. The second-order valence-electron chi connectivity index (χ2n) is 4.86. The van der Waals surface area contributed by atoms with E-state index in [2.05, 4.69) is 10.6 Å². The van der Waals surface area contributed by atoms with Gasteiger partial charge in [-0.05, 0) is 44.0 Å². The molecule has 2 rings (SSSR count). The van der Waals surface area contributed by atoms with E-state index < -0.39 is 16.4 Å². The summed E-state index contributed by atoms with van der Waals surface area (Å²) >= 11 is 0. The van der Waals surface area contributed by atoms with Gasteiger partial charge in [0.2, 0.25) is 0 Å². The molecule has 1 atom stereocenters. The zero-order valence-corrected chi connectivity index (χ0v) is 12.2. The zero-order valence-electron chi connectivity index (χ0n) is 11.4. The summed E-state index contributed by atoms with van der Waals surface area (Å²) < 4.78 is 0. The Morgan fingerprint density at radius 1 is 1.52 bits per heavy atom. The number of phenolic OH excluding ortho intramolecular Hbond substituents is 1. The van der Waals surface area contributed by atoms with E-state index in [9.17, 15) is 20.0 Å². The number of benzene rings is 1. The van der Waals surface area contributed by atoms with E-state index >= 15 is 0 Å². The molecule has 0 saturated carbocycles. The molecule has 1 aromatic carbocycles. The van der Waals surface area contributed by atoms with Crippen LogP contribution in [0.1, 0.15) is 23.2 Å². The molecule has 0 aromatic heterocycles. The van der Waals surface area contributed by atoms with Gasteiger partial charge in [-0.2, -0.15) is 0 Å². The van der Waals surface area contributed by atoms with Gasteiger partial charge in [-0.3, -0.25) is 14.9 Å². The lowest BCUT2D eigenvalue weighted by Crippen LogP contribution is -2.26. The first-order chi connectivity index (χ1) is 9.58. The van der Waals surface area contributed by atoms with Crippen LogP contribution in [0.25, 0.3) is 0 Å². The third kappa shape index (κ3) is 4.57. The fourth-order valence-electron chi connectivity index (χ4n) is 2.27. The van der Waals surface area contributed by atoms with Crippen LogP contribution >= 0.6 is 12.4 Å². The van der Waals surface area contributed by atoms with Crippen LogP contribution in [0.3, 0.4) is 0 Å². The number of nitrogens with one attached hydrogen (secondary N) is 2. The van der Waals surface area contributed by atoms with Gasteiger partial charge in [0.1, 0.15) is 0 Å². The summed E-state index contributed by atoms with van der Waals surface area (Å²) in [5.41, 5.74) is -0.184. The van der Waals surface area contributed by atoms with E-state index in [0.29, 0.717) is 12.5 Å². The maximum Gasteiger partial charge on any atom is 0.310 e. The fraction of sp³-hybridized carbons (Fsp3) is 0.462. The molecule has 1 heterocycles. The van der Waals surface area contributed by atoms with Gasteiger partial charge in [-0.15, -0.1) is 12.4 Å². The summed E-state index contributed by atoms with van der Waals surface area (Å²) in [7, 11) is 0. The van der Waals surface area contributed by atoms with Gasteiger partial charge in [0, 0.05) is 18.2 Å². The van der Waals surface area contributed by atoms with Crippen molar-refractivity contribution in [3.8, 4) is 5.75 Å². The topological polar surface area (TPSA) is 104 Å². The predicted octanol–water partition coefficient (Wildman–Crippen LogP) is 1.45. The Labute approximate surface area is 128 Å². The van der Waals surface area contributed by atoms with E-state index in [1.807, 2.05) is 0 Å². The highest BCUT2D eigenvalue weighted by atomic mass is 35.5. The van der Waals surface area contributed by atoms with Crippen molar-refractivity contribution in [3.05, 3.63) is 33.9 Å². The molecule has 0 radical (unpaired) electrons. The molecule has 0 bridgehead atoms. The smallest absolute Gasteiger partial charge is 0.310 e. The summed E-state index contributed by atoms with van der Waals surface area (Å²) in [5.74, 6) is -0.246. The summed E-state index contributed by atoms with van der Waals surface area (Å²) in [4.78, 5) is 21.7. The molecule has 1 amide bonds. The number of nitrogens with zero attached hydrogens (tertiary/aromatic N) is 1. The lowest BCUT2D eigenvalue weighted by molar-refractivity contribution is -0.385. The average molecular weight is 316 g/mol. The number of phenols is 1. The Morgan fingerprint density at radius 2 is 2.29 bits per heavy atom. The molecule has 1 aliphatic rings. The molecule has 116 valence electrons. The molecule has 1 unspecified atom stereocenters. The molecule has 1 saturated heterocycles. The van der Waals surface area contributed by atoms with Crippen LogP contribution in [0.15, 0.2) is 18.2 Å². The Hall–Kier alpha value is -1.86. The Kier molecular flexibility index (Phi) is 6.39. The van der Waals surface area contributed by atoms with E-state index in [1.165, 1.54) is 6.07 Å². The molecule has 8 heteroatoms. The monoisotopic (exact) mass is 315 g/mol. The lowest BCUT2D eigenvalue weighted by Gasteiger charge is -2.09. The standard InChI is InChI=1S/C13H17N3O4.ClH/c17-12-7-10(1-2-11(12)16(19)20)13(18)15-6-4-9-3-5-14-8-9;/h1-2,7,9,14,17H,3-6,8H2,(H,15,18);1H. The number of carbonyl (C=O) groups is 1. The molecule has 1 fully saturated rings. The third-order valence-corrected chi connectivity index (χ3v) is 3.43. The maximum absolute atomic E-state index is 11.8. The molecule has 3 N–H and O–H groups in total. The van der Waals surface area contributed by atoms with Crippen molar-refractivity contribution < 1.29 is 14.8 Å². The fourth-order valence-corrected chi connectivity index (χ4v) is 2.27. The van der Waals surface area contributed by atoms with Gasteiger partial charge in [0.15, 0.2) is 5.75 Å². The minimum Gasteiger partial charge on any atom is -0.502 e. The number of aromatic hydroxyl groups is 1. The summed E-state index contributed by atoms with van der Waals surface area (Å²) in [6.07, 6.45) is 2.02. The normalized spacial score (nSPS) is 17.0. The van der Waals surface area contributed by atoms with Crippen LogP contribution in [0.2, 0.25) is 0 Å². The number of nitro groups is 1. The summed E-state index contributed by atoms with van der Waals surface area (Å²) in [6, 6.07) is 3.58. The number of rotatable bonds is 5. The van der Waals surface area contributed by atoms with Gasteiger partial charge in [0.05, 0.1) is 4.92 Å². The first-order valence-corrected chi connectivity index (χ1v) is 6.54. The van der Waals surface area contributed by atoms with E-state index in [4.69, 9.17) is 0 Å². The van der Waals surface area contributed by atoms with Crippen LogP contribution in [0.4, 0.5) is 5.69 Å². The quantitative estimate of drug-likeness (QED) is 0.563. The number of nitro benzene ring substituents is 1. The van der Waals surface area contributed by atoms with Gasteiger partial charge < -0.3 is 15.7 Å². The SMILES string of the molecule is Cl.O=C(NCCC1CCNC1)c1ccc([N+](=O)[O-])c(O)c1. The highest BCUT2D eigenvalue weighted by Crippen LogP contribution is 2.26. The molecule has 0 aliphatic carbocycles. The maximum atomic E-state index is 11.8. The van der Waals surface area contributed by atoms with Crippen LogP contribution in [0, 0.1) is 16.0 Å². The number of hydrogen-bond acceptors (Lipinski definition) is 5. The second kappa shape index (κ2) is 7.80. The third-order valence-electron chi connectivity index (χ3n) is 3.43. The van der Waals surface area contributed by atoms with Crippen LogP contribution in [-0.4, -0.2) is 35.6 Å². The molecule has 1 aromatic rings. The highest BCUT2D eigenvalue weighted by molar-refractivity contribution is 5.95. The van der Waals surface area contributed by atoms with Gasteiger partial charge in [-0.1, -0.05) is 0 Å². The van der Waals surface area contributed by atoms with Crippen LogP contribution in [0.5, 0.6) is 5.75 Å². The van der Waals surface area contributed by atoms with Crippen molar-refractivity contribution in [1.82, 2.24) is 10.6 Å². The second-order valence-corrected chi connectivity index (χ2v) is 4.86. The summed E-state index contributed by atoms with van der Waals surface area (Å²) in [5, 5.41) is 26.1. The van der Waals surface area contributed by atoms with Gasteiger partial charge in [-0.25, -0.2) is 0 Å². The highest BCUT2D eigenvalue weighted by Gasteiger charge is 2.17. The van der Waals surface area contributed by atoms with Crippen molar-refractivity contribution in [3.63, 3.8) is 0 Å². The largest absolute Gasteiger partial charge is 0.502 e. The number of halogens is 1. The summed E-state index contributed by atoms with van der Waals surface area (Å²) in [6.45, 7) is 2.56. The molecular weight excluding hydrogens is 298 g/mol. The average Bonchev–Trinajstić information content (AvgIpc) is 2.91. The Morgan fingerprint density at radius 3 is 2.86 bits per heavy atom. The van der Waals surface area contributed by atoms with Crippen LogP contribution < -0.4 is 10.6 Å². The molecular formula is C13H18ClN3O4. The number of hydrogen-bond donors (Lipinski definition) is 3. The first kappa shape index (κ1) is 17.2. The van der Waals surface area contributed by atoms with Crippen molar-refractivity contribution >= 4 is 24.0 Å². The van der Waals surface area contributed by atoms with Gasteiger partial charge in [0.25, 0.3) is 5.91 Å². The Bertz CT molecular complexity index is 518. The van der Waals surface area contributed by atoms with E-state index in [-0.39, 0.29) is 23.9 Å². The minimum absolute atomic E-state index is 0. The van der Waals surface area contributed by atoms with E-state index in [1.54, 1.807) is 0 Å². The predicted molar refractivity (Wildman–Crippen MR) is 79.9 cm³/mol. The molecule has 21 heavy (non-hydrogen) atoms. The van der Waals surface area contributed by atoms with Gasteiger partial charge >= 0.3 is 5.69 Å². The Balaban J connectivity index is 0.00000220. The number of amides is 1.